The van der Waals surface area contributed by atoms with Crippen LogP contribution in [0.3, 0.4) is 0 Å². The average Bonchev–Trinajstić information content (AvgIpc) is 2.97. The monoisotopic (exact) mass is 380 g/mol. The van der Waals surface area contributed by atoms with Crippen LogP contribution in [0.25, 0.3) is 0 Å². The molecule has 140 valence electrons. The van der Waals surface area contributed by atoms with E-state index in [0.717, 1.165) is 21.8 Å². The molecule has 1 atom stereocenters. The van der Waals surface area contributed by atoms with E-state index in [1.165, 1.54) is 16.0 Å². The summed E-state index contributed by atoms with van der Waals surface area (Å²) in [5, 5.41) is 6.91. The van der Waals surface area contributed by atoms with Crippen LogP contribution in [0.1, 0.15) is 41.0 Å². The first-order valence-corrected chi connectivity index (χ1v) is 9.75. The third kappa shape index (κ3) is 4.42. The van der Waals surface area contributed by atoms with Crippen LogP contribution >= 0.6 is 11.8 Å². The first kappa shape index (κ1) is 19.2. The summed E-state index contributed by atoms with van der Waals surface area (Å²) in [6.07, 6.45) is 0. The first-order chi connectivity index (χ1) is 12.8. The van der Waals surface area contributed by atoms with Crippen LogP contribution in [0.4, 0.5) is 5.69 Å². The molecule has 2 aromatic carbocycles. The zero-order valence-corrected chi connectivity index (χ0v) is 17.1. The fraction of sp³-hybridized carbons (Fsp3) is 0.273. The van der Waals surface area contributed by atoms with Crippen molar-refractivity contribution in [2.45, 2.75) is 50.3 Å². The van der Waals surface area contributed by atoms with E-state index in [4.69, 9.17) is 4.52 Å². The molecule has 0 spiro atoms. The van der Waals surface area contributed by atoms with E-state index in [-0.39, 0.29) is 11.8 Å². The van der Waals surface area contributed by atoms with Gasteiger partial charge in [0.25, 0.3) is 0 Å². The van der Waals surface area contributed by atoms with Crippen molar-refractivity contribution in [1.82, 2.24) is 5.16 Å². The smallest absolute Gasteiger partial charge is 0.231 e. The van der Waals surface area contributed by atoms with Gasteiger partial charge in [-0.2, -0.15) is 0 Å². The number of anilines is 1. The Kier molecular flexibility index (Phi) is 5.71. The van der Waals surface area contributed by atoms with E-state index >= 15 is 0 Å². The Morgan fingerprint density at radius 1 is 1.07 bits per heavy atom. The minimum atomic E-state index is -0.319. The van der Waals surface area contributed by atoms with Crippen molar-refractivity contribution >= 4 is 23.4 Å². The lowest BCUT2D eigenvalue weighted by atomic mass is 9.98. The summed E-state index contributed by atoms with van der Waals surface area (Å²) in [6.45, 7) is 9.77. The van der Waals surface area contributed by atoms with Gasteiger partial charge >= 0.3 is 0 Å². The van der Waals surface area contributed by atoms with E-state index in [9.17, 15) is 4.79 Å². The van der Waals surface area contributed by atoms with Crippen molar-refractivity contribution in [3.05, 3.63) is 70.6 Å². The lowest BCUT2D eigenvalue weighted by Crippen LogP contribution is -2.19. The molecule has 0 fully saturated rings. The molecule has 0 radical (unpaired) electrons. The highest BCUT2D eigenvalue weighted by Crippen LogP contribution is 2.32. The number of rotatable bonds is 5. The van der Waals surface area contributed by atoms with Gasteiger partial charge in [0.2, 0.25) is 5.91 Å². The van der Waals surface area contributed by atoms with E-state index in [1.807, 2.05) is 45.0 Å². The number of aromatic nitrogens is 1. The molecule has 1 heterocycles. The number of carbonyl (C=O) groups excluding carboxylic acids is 1. The van der Waals surface area contributed by atoms with Crippen LogP contribution in [0.2, 0.25) is 0 Å². The minimum absolute atomic E-state index is 0.0701. The molecule has 3 rings (SSSR count). The minimum Gasteiger partial charge on any atom is -0.361 e. The molecule has 1 unspecified atom stereocenters. The van der Waals surface area contributed by atoms with Crippen LogP contribution in [0.5, 0.6) is 0 Å². The third-order valence-corrected chi connectivity index (χ3v) is 5.78. The number of carbonyl (C=O) groups is 1. The van der Waals surface area contributed by atoms with Crippen molar-refractivity contribution in [3.8, 4) is 0 Å². The Hall–Kier alpha value is -2.53. The summed E-state index contributed by atoms with van der Waals surface area (Å²) in [6, 6.07) is 14.4. The highest BCUT2D eigenvalue weighted by atomic mass is 32.2. The van der Waals surface area contributed by atoms with Crippen LogP contribution in [-0.4, -0.2) is 11.1 Å². The quantitative estimate of drug-likeness (QED) is 0.607. The molecule has 0 saturated heterocycles. The van der Waals surface area contributed by atoms with Gasteiger partial charge in [0.15, 0.2) is 0 Å². The number of aryl methyl sites for hydroxylation is 4. The molecule has 1 amide bonds. The second kappa shape index (κ2) is 8.01. The van der Waals surface area contributed by atoms with E-state index in [0.29, 0.717) is 5.76 Å². The number of hydrogen-bond donors (Lipinski definition) is 1. The Balaban J connectivity index is 1.68. The molecule has 0 bridgehead atoms. The van der Waals surface area contributed by atoms with Crippen LogP contribution in [-0.2, 0) is 4.79 Å². The summed E-state index contributed by atoms with van der Waals surface area (Å²) in [5.74, 6) is 0.301. The van der Waals surface area contributed by atoms with Gasteiger partial charge in [0, 0.05) is 21.0 Å². The number of benzene rings is 2. The average molecular weight is 381 g/mol. The van der Waals surface area contributed by atoms with E-state index in [2.05, 4.69) is 42.5 Å². The Morgan fingerprint density at radius 2 is 1.78 bits per heavy atom. The second-order valence-corrected chi connectivity index (χ2v) is 7.96. The number of nitrogens with one attached hydrogen (secondary N) is 1. The Labute approximate surface area is 164 Å². The maximum atomic E-state index is 12.6. The Bertz CT molecular complexity index is 941. The van der Waals surface area contributed by atoms with Gasteiger partial charge in [-0.3, -0.25) is 4.79 Å². The van der Waals surface area contributed by atoms with Crippen LogP contribution in [0.15, 0.2) is 56.8 Å². The van der Waals surface area contributed by atoms with Crippen LogP contribution in [0, 0.1) is 27.7 Å². The number of amides is 1. The van der Waals surface area contributed by atoms with Gasteiger partial charge in [-0.1, -0.05) is 29.1 Å². The lowest BCUT2D eigenvalue weighted by molar-refractivity contribution is -0.117. The van der Waals surface area contributed by atoms with Crippen molar-refractivity contribution in [1.29, 1.82) is 0 Å². The second-order valence-electron chi connectivity index (χ2n) is 6.84. The van der Waals surface area contributed by atoms with Gasteiger partial charge in [0.1, 0.15) is 5.76 Å². The summed E-state index contributed by atoms with van der Waals surface area (Å²) in [5.41, 5.74) is 4.91. The van der Waals surface area contributed by atoms with Gasteiger partial charge in [0.05, 0.1) is 11.6 Å². The predicted octanol–water partition coefficient (Wildman–Crippen LogP) is 5.80. The zero-order valence-electron chi connectivity index (χ0n) is 16.3. The summed E-state index contributed by atoms with van der Waals surface area (Å²) in [4.78, 5) is 15.0. The van der Waals surface area contributed by atoms with Crippen molar-refractivity contribution in [2.24, 2.45) is 0 Å². The topological polar surface area (TPSA) is 55.1 Å². The van der Waals surface area contributed by atoms with E-state index in [1.54, 1.807) is 11.8 Å². The molecule has 4 nitrogen and oxygen atoms in total. The summed E-state index contributed by atoms with van der Waals surface area (Å²) < 4.78 is 5.17. The molecule has 0 aliphatic carbocycles. The lowest BCUT2D eigenvalue weighted by Gasteiger charge is -2.13. The zero-order chi connectivity index (χ0) is 19.6. The first-order valence-electron chi connectivity index (χ1n) is 8.94. The standard InChI is InChI=1S/C22H24N2O2S/c1-13-6-7-14(2)20(12-13)27-19-10-8-18(9-11-19)23-22(25)15(3)21-16(4)24-26-17(21)5/h6-12,15H,1-5H3,(H,23,25). The van der Waals surface area contributed by atoms with Crippen molar-refractivity contribution in [3.63, 3.8) is 0 Å². The highest BCUT2D eigenvalue weighted by molar-refractivity contribution is 7.99. The molecule has 1 N–H and O–H groups in total. The molecule has 0 aliphatic rings. The maximum Gasteiger partial charge on any atom is 0.231 e. The molecular weight excluding hydrogens is 356 g/mol. The van der Waals surface area contributed by atoms with Crippen molar-refractivity contribution < 1.29 is 9.32 Å². The molecular formula is C22H24N2O2S. The molecule has 0 saturated carbocycles. The van der Waals surface area contributed by atoms with Gasteiger partial charge in [-0.25, -0.2) is 0 Å². The van der Waals surface area contributed by atoms with Crippen molar-refractivity contribution in [2.75, 3.05) is 5.32 Å². The van der Waals surface area contributed by atoms with Crippen LogP contribution < -0.4 is 5.32 Å². The highest BCUT2D eigenvalue weighted by Gasteiger charge is 2.22. The van der Waals surface area contributed by atoms with Gasteiger partial charge in [-0.05, 0) is 76.1 Å². The molecule has 3 aromatic rings. The summed E-state index contributed by atoms with van der Waals surface area (Å²) in [7, 11) is 0. The number of hydrogen-bond acceptors (Lipinski definition) is 4. The fourth-order valence-corrected chi connectivity index (χ4v) is 4.04. The Morgan fingerprint density at radius 3 is 2.41 bits per heavy atom. The fourth-order valence-electron chi connectivity index (χ4n) is 3.04. The summed E-state index contributed by atoms with van der Waals surface area (Å²) >= 11 is 1.73. The SMILES string of the molecule is Cc1ccc(C)c(Sc2ccc(NC(=O)C(C)c3c(C)noc3C)cc2)c1. The molecule has 0 aliphatic heterocycles. The number of nitrogens with zero attached hydrogens (tertiary/aromatic N) is 1. The third-order valence-electron chi connectivity index (χ3n) is 4.61. The normalized spacial score (nSPS) is 12.0. The molecule has 1 aromatic heterocycles. The van der Waals surface area contributed by atoms with Gasteiger partial charge < -0.3 is 9.84 Å². The largest absolute Gasteiger partial charge is 0.361 e. The van der Waals surface area contributed by atoms with Gasteiger partial charge in [-0.15, -0.1) is 0 Å². The maximum absolute atomic E-state index is 12.6. The molecule has 27 heavy (non-hydrogen) atoms. The van der Waals surface area contributed by atoms with E-state index < -0.39 is 0 Å². The molecule has 5 heteroatoms. The predicted molar refractivity (Wildman–Crippen MR) is 110 cm³/mol.